The van der Waals surface area contributed by atoms with Gasteiger partial charge in [0.1, 0.15) is 22.7 Å². The van der Waals surface area contributed by atoms with Crippen LogP contribution >= 0.6 is 0 Å². The molecule has 0 spiro atoms. The van der Waals surface area contributed by atoms with E-state index in [2.05, 4.69) is 12.1 Å². The number of carbonyl (C=O) groups is 3. The quantitative estimate of drug-likeness (QED) is 0.414. The summed E-state index contributed by atoms with van der Waals surface area (Å²) < 4.78 is 22.7. The number of rotatable bonds is 5. The Morgan fingerprint density at radius 1 is 0.902 bits per heavy atom. The van der Waals surface area contributed by atoms with E-state index in [0.29, 0.717) is 24.5 Å². The summed E-state index contributed by atoms with van der Waals surface area (Å²) in [5.74, 6) is 0.986. The van der Waals surface area contributed by atoms with E-state index >= 15 is 0 Å². The van der Waals surface area contributed by atoms with Crippen molar-refractivity contribution in [2.75, 3.05) is 20.3 Å². The van der Waals surface area contributed by atoms with Crippen LogP contribution in [0.1, 0.15) is 82.3 Å². The Balaban J connectivity index is 1.53. The number of carbonyl (C=O) groups excluding carboxylic acids is 3. The van der Waals surface area contributed by atoms with Gasteiger partial charge < -0.3 is 23.8 Å². The van der Waals surface area contributed by atoms with Gasteiger partial charge in [0.05, 0.1) is 20.3 Å². The third kappa shape index (κ3) is 7.13. The fraction of sp³-hybridized carbons (Fsp3) is 0.531. The summed E-state index contributed by atoms with van der Waals surface area (Å²) in [5, 5.41) is 0. The molecule has 2 aromatic rings. The molecule has 1 fully saturated rings. The van der Waals surface area contributed by atoms with E-state index < -0.39 is 23.2 Å². The van der Waals surface area contributed by atoms with Crippen molar-refractivity contribution in [3.05, 3.63) is 59.2 Å². The zero-order valence-electron chi connectivity index (χ0n) is 25.4. The van der Waals surface area contributed by atoms with Crippen molar-refractivity contribution in [1.82, 2.24) is 9.80 Å². The van der Waals surface area contributed by atoms with Gasteiger partial charge in [-0.2, -0.15) is 0 Å². The molecule has 2 aromatic carbocycles. The molecule has 0 N–H and O–H groups in total. The molecule has 0 radical (unpaired) electrons. The van der Waals surface area contributed by atoms with Gasteiger partial charge in [-0.1, -0.05) is 18.2 Å². The molecule has 2 heterocycles. The second-order valence-corrected chi connectivity index (χ2v) is 12.7. The molecular weight excluding hydrogens is 524 g/mol. The Labute approximate surface area is 242 Å². The lowest BCUT2D eigenvalue weighted by atomic mass is 9.76. The Kier molecular flexibility index (Phi) is 8.57. The predicted octanol–water partition coefficient (Wildman–Crippen LogP) is 6.39. The van der Waals surface area contributed by atoms with E-state index in [-0.39, 0.29) is 30.5 Å². The van der Waals surface area contributed by atoms with E-state index in [1.54, 1.807) is 38.8 Å². The summed E-state index contributed by atoms with van der Waals surface area (Å²) in [6.45, 7) is 13.9. The highest BCUT2D eigenvalue weighted by molar-refractivity contribution is 6.06. The minimum absolute atomic E-state index is 0.0492. The number of hydrogen-bond acceptors (Lipinski definition) is 7. The summed E-state index contributed by atoms with van der Waals surface area (Å²) in [6.07, 6.45) is -0.257. The molecule has 2 aliphatic rings. The number of imide groups is 1. The lowest BCUT2D eigenvalue weighted by Crippen LogP contribution is -2.52. The van der Waals surface area contributed by atoms with Gasteiger partial charge in [-0.3, -0.25) is 4.79 Å². The lowest BCUT2D eigenvalue weighted by molar-refractivity contribution is -0.00611. The first kappa shape index (κ1) is 30.2. The van der Waals surface area contributed by atoms with Gasteiger partial charge in [0.25, 0.3) is 5.91 Å². The van der Waals surface area contributed by atoms with Crippen molar-refractivity contribution in [2.24, 2.45) is 5.92 Å². The van der Waals surface area contributed by atoms with Crippen LogP contribution in [0.4, 0.5) is 9.59 Å². The van der Waals surface area contributed by atoms with Crippen molar-refractivity contribution >= 4 is 18.1 Å². The first-order valence-electron chi connectivity index (χ1n) is 14.1. The highest BCUT2D eigenvalue weighted by atomic mass is 16.6. The molecule has 0 unspecified atom stereocenters. The number of benzene rings is 2. The molecule has 0 bridgehead atoms. The van der Waals surface area contributed by atoms with Gasteiger partial charge in [-0.15, -0.1) is 0 Å². The normalized spacial score (nSPS) is 20.9. The standard InChI is InChI=1S/C32H42N2O7/c1-20-27(19-39-24-14-11-22-18-34(28(35)26(22)17-24)30(37)41-32(5,6)7)25(21-9-12-23(38-8)13-10-21)15-16-33(20)29(36)40-31(2,3)4/h9-14,17,20,25,27H,15-16,18-19H2,1-8H3/t20-,25+,27-/m1/s1. The Morgan fingerprint density at radius 2 is 1.51 bits per heavy atom. The molecule has 3 amide bonds. The van der Waals surface area contributed by atoms with Crippen molar-refractivity contribution < 1.29 is 33.3 Å². The maximum atomic E-state index is 13.1. The summed E-state index contributed by atoms with van der Waals surface area (Å²) in [4.78, 5) is 41.6. The first-order valence-corrected chi connectivity index (χ1v) is 14.1. The second kappa shape index (κ2) is 11.6. The summed E-state index contributed by atoms with van der Waals surface area (Å²) in [6, 6.07) is 13.2. The smallest absolute Gasteiger partial charge is 0.417 e. The van der Waals surface area contributed by atoms with Gasteiger partial charge in [0, 0.05) is 24.1 Å². The van der Waals surface area contributed by atoms with E-state index in [1.807, 2.05) is 52.0 Å². The van der Waals surface area contributed by atoms with Gasteiger partial charge in [0.2, 0.25) is 0 Å². The Morgan fingerprint density at radius 3 is 2.12 bits per heavy atom. The molecule has 3 atom stereocenters. The Bertz CT molecular complexity index is 1280. The van der Waals surface area contributed by atoms with Crippen LogP contribution in [-0.2, 0) is 16.0 Å². The molecule has 0 aromatic heterocycles. The SMILES string of the molecule is COc1ccc([C@@H]2CCN(C(=O)OC(C)(C)C)[C@H](C)[C@H]2COc2ccc3c(c2)C(=O)N(C(=O)OC(C)(C)C)C3)cc1. The molecule has 0 saturated carbocycles. The van der Waals surface area contributed by atoms with Gasteiger partial charge in [0.15, 0.2) is 0 Å². The van der Waals surface area contributed by atoms with E-state index in [1.165, 1.54) is 0 Å². The number of ether oxygens (including phenoxy) is 4. The predicted molar refractivity (Wildman–Crippen MR) is 154 cm³/mol. The summed E-state index contributed by atoms with van der Waals surface area (Å²) in [5.41, 5.74) is 1.01. The number of amides is 3. The fourth-order valence-electron chi connectivity index (χ4n) is 5.39. The average Bonchev–Trinajstić information content (AvgIpc) is 3.21. The number of fused-ring (bicyclic) bond motifs is 1. The molecule has 1 saturated heterocycles. The summed E-state index contributed by atoms with van der Waals surface area (Å²) >= 11 is 0. The number of piperidine rings is 1. The van der Waals surface area contributed by atoms with Gasteiger partial charge >= 0.3 is 12.2 Å². The molecule has 4 rings (SSSR count). The minimum Gasteiger partial charge on any atom is -0.497 e. The second-order valence-electron chi connectivity index (χ2n) is 12.7. The van der Waals surface area contributed by atoms with Crippen molar-refractivity contribution in [3.8, 4) is 11.5 Å². The number of hydrogen-bond donors (Lipinski definition) is 0. The third-order valence-electron chi connectivity index (χ3n) is 7.42. The van der Waals surface area contributed by atoms with Gasteiger partial charge in [-0.05, 0) is 96.2 Å². The first-order chi connectivity index (χ1) is 19.2. The van der Waals surface area contributed by atoms with Crippen molar-refractivity contribution in [2.45, 2.75) is 84.6 Å². The average molecular weight is 567 g/mol. The zero-order valence-corrected chi connectivity index (χ0v) is 25.4. The number of methoxy groups -OCH3 is 1. The van der Waals surface area contributed by atoms with Crippen LogP contribution in [0.2, 0.25) is 0 Å². The zero-order chi connectivity index (χ0) is 30.1. The number of nitrogens with zero attached hydrogens (tertiary/aromatic N) is 2. The monoisotopic (exact) mass is 566 g/mol. The molecule has 0 aliphatic carbocycles. The van der Waals surface area contributed by atoms with Crippen molar-refractivity contribution in [3.63, 3.8) is 0 Å². The maximum Gasteiger partial charge on any atom is 0.417 e. The topological polar surface area (TPSA) is 94.6 Å². The lowest BCUT2D eigenvalue weighted by Gasteiger charge is -2.44. The molecule has 2 aliphatic heterocycles. The summed E-state index contributed by atoms with van der Waals surface area (Å²) in [7, 11) is 1.64. The minimum atomic E-state index is -0.704. The maximum absolute atomic E-state index is 13.1. The number of likely N-dealkylation sites (tertiary alicyclic amines) is 1. The van der Waals surface area contributed by atoms with Crippen LogP contribution in [0.5, 0.6) is 11.5 Å². The van der Waals surface area contributed by atoms with Crippen LogP contribution < -0.4 is 9.47 Å². The van der Waals surface area contributed by atoms with Crippen LogP contribution in [0.15, 0.2) is 42.5 Å². The van der Waals surface area contributed by atoms with E-state index in [4.69, 9.17) is 18.9 Å². The molecule has 41 heavy (non-hydrogen) atoms. The molecule has 9 heteroatoms. The molecule has 222 valence electrons. The highest BCUT2D eigenvalue weighted by Crippen LogP contribution is 2.39. The fourth-order valence-corrected chi connectivity index (χ4v) is 5.39. The van der Waals surface area contributed by atoms with Crippen LogP contribution in [0.25, 0.3) is 0 Å². The van der Waals surface area contributed by atoms with Crippen LogP contribution in [0, 0.1) is 5.92 Å². The van der Waals surface area contributed by atoms with E-state index in [0.717, 1.165) is 28.2 Å². The van der Waals surface area contributed by atoms with Crippen molar-refractivity contribution in [1.29, 1.82) is 0 Å². The molecular formula is C32H42N2O7. The van der Waals surface area contributed by atoms with E-state index in [9.17, 15) is 14.4 Å². The highest BCUT2D eigenvalue weighted by Gasteiger charge is 2.41. The Hall–Kier alpha value is -3.75. The molecule has 9 nitrogen and oxygen atoms in total. The van der Waals surface area contributed by atoms with Crippen LogP contribution in [-0.4, -0.2) is 65.4 Å². The largest absolute Gasteiger partial charge is 0.497 e. The van der Waals surface area contributed by atoms with Crippen LogP contribution in [0.3, 0.4) is 0 Å². The van der Waals surface area contributed by atoms with Gasteiger partial charge in [-0.25, -0.2) is 14.5 Å². The third-order valence-corrected chi connectivity index (χ3v) is 7.42.